The van der Waals surface area contributed by atoms with Gasteiger partial charge in [0.05, 0.1) is 0 Å². The number of rotatable bonds is 2. The van der Waals surface area contributed by atoms with E-state index in [0.29, 0.717) is 11.8 Å². The summed E-state index contributed by atoms with van der Waals surface area (Å²) in [6.07, 6.45) is 0. The number of hydrogen-bond acceptors (Lipinski definition) is 1. The third-order valence-electron chi connectivity index (χ3n) is 3.94. The first-order valence-electron chi connectivity index (χ1n) is 7.16. The SMILES string of the molecule is CC(C)c1ccc2c(c1)c(=O)[nH]c1[nH]c(C(C)C)cc12. The summed E-state index contributed by atoms with van der Waals surface area (Å²) in [5, 5.41) is 2.90. The maximum Gasteiger partial charge on any atom is 0.257 e. The average Bonchev–Trinajstić information content (AvgIpc) is 2.82. The second-order valence-corrected chi connectivity index (χ2v) is 6.08. The highest BCUT2D eigenvalue weighted by molar-refractivity contribution is 6.04. The van der Waals surface area contributed by atoms with E-state index in [0.717, 1.165) is 27.5 Å². The van der Waals surface area contributed by atoms with Gasteiger partial charge in [-0.1, -0.05) is 39.8 Å². The Kier molecular flexibility index (Phi) is 2.93. The van der Waals surface area contributed by atoms with Crippen LogP contribution >= 0.6 is 0 Å². The maximum absolute atomic E-state index is 12.3. The normalized spacial score (nSPS) is 12.1. The van der Waals surface area contributed by atoms with Crippen molar-refractivity contribution in [3.63, 3.8) is 0 Å². The third-order valence-corrected chi connectivity index (χ3v) is 3.94. The van der Waals surface area contributed by atoms with Crippen LogP contribution < -0.4 is 5.56 Å². The summed E-state index contributed by atoms with van der Waals surface area (Å²) in [6, 6.07) is 8.35. The average molecular weight is 268 g/mol. The molecule has 0 aliphatic rings. The van der Waals surface area contributed by atoms with Crippen LogP contribution in [-0.2, 0) is 0 Å². The smallest absolute Gasteiger partial charge is 0.257 e. The van der Waals surface area contributed by atoms with Crippen molar-refractivity contribution in [1.29, 1.82) is 0 Å². The van der Waals surface area contributed by atoms with Crippen molar-refractivity contribution >= 4 is 21.8 Å². The number of hydrogen-bond donors (Lipinski definition) is 2. The number of benzene rings is 1. The summed E-state index contributed by atoms with van der Waals surface area (Å²) in [5.41, 5.74) is 3.15. The van der Waals surface area contributed by atoms with Gasteiger partial charge in [-0.25, -0.2) is 0 Å². The van der Waals surface area contributed by atoms with Gasteiger partial charge in [0, 0.05) is 16.5 Å². The van der Waals surface area contributed by atoms with Crippen LogP contribution in [0.2, 0.25) is 0 Å². The highest BCUT2D eigenvalue weighted by Gasteiger charge is 2.11. The minimum atomic E-state index is -0.0212. The van der Waals surface area contributed by atoms with Gasteiger partial charge in [-0.15, -0.1) is 0 Å². The molecular weight excluding hydrogens is 248 g/mol. The van der Waals surface area contributed by atoms with Crippen LogP contribution in [0, 0.1) is 0 Å². The first kappa shape index (κ1) is 13.0. The topological polar surface area (TPSA) is 48.6 Å². The van der Waals surface area contributed by atoms with Crippen LogP contribution in [0.4, 0.5) is 0 Å². The molecule has 0 aliphatic heterocycles. The monoisotopic (exact) mass is 268 g/mol. The zero-order chi connectivity index (χ0) is 14.4. The lowest BCUT2D eigenvalue weighted by molar-refractivity contribution is 0.835. The van der Waals surface area contributed by atoms with Gasteiger partial charge in [-0.2, -0.15) is 0 Å². The van der Waals surface area contributed by atoms with Crippen molar-refractivity contribution < 1.29 is 0 Å². The van der Waals surface area contributed by atoms with E-state index in [1.54, 1.807) is 0 Å². The number of fused-ring (bicyclic) bond motifs is 3. The van der Waals surface area contributed by atoms with Crippen molar-refractivity contribution in [1.82, 2.24) is 9.97 Å². The number of aromatic nitrogens is 2. The van der Waals surface area contributed by atoms with Crippen molar-refractivity contribution in [2.24, 2.45) is 0 Å². The quantitative estimate of drug-likeness (QED) is 0.717. The van der Waals surface area contributed by atoms with Gasteiger partial charge in [0.2, 0.25) is 0 Å². The Hall–Kier alpha value is -2.03. The van der Waals surface area contributed by atoms with Gasteiger partial charge in [-0.3, -0.25) is 4.79 Å². The number of H-pyrrole nitrogens is 2. The van der Waals surface area contributed by atoms with Gasteiger partial charge >= 0.3 is 0 Å². The summed E-state index contributed by atoms with van der Waals surface area (Å²) in [7, 11) is 0. The lowest BCUT2D eigenvalue weighted by Crippen LogP contribution is -2.06. The van der Waals surface area contributed by atoms with Crippen molar-refractivity contribution in [2.45, 2.75) is 39.5 Å². The Labute approximate surface area is 118 Å². The molecular formula is C17H20N2O. The fourth-order valence-electron chi connectivity index (χ4n) is 2.62. The van der Waals surface area contributed by atoms with E-state index in [2.05, 4.69) is 55.9 Å². The Morgan fingerprint density at radius 2 is 1.60 bits per heavy atom. The number of nitrogens with one attached hydrogen (secondary N) is 2. The summed E-state index contributed by atoms with van der Waals surface area (Å²) in [4.78, 5) is 18.5. The fourth-order valence-corrected chi connectivity index (χ4v) is 2.62. The van der Waals surface area contributed by atoms with E-state index in [-0.39, 0.29) is 5.56 Å². The molecule has 0 unspecified atom stereocenters. The first-order chi connectivity index (χ1) is 9.47. The zero-order valence-corrected chi connectivity index (χ0v) is 12.4. The summed E-state index contributed by atoms with van der Waals surface area (Å²) >= 11 is 0. The second-order valence-electron chi connectivity index (χ2n) is 6.08. The lowest BCUT2D eigenvalue weighted by Gasteiger charge is -2.07. The predicted molar refractivity (Wildman–Crippen MR) is 84.6 cm³/mol. The van der Waals surface area contributed by atoms with Crippen LogP contribution in [0.1, 0.15) is 50.8 Å². The third kappa shape index (κ3) is 1.94. The molecule has 20 heavy (non-hydrogen) atoms. The van der Waals surface area contributed by atoms with Crippen LogP contribution in [0.15, 0.2) is 29.1 Å². The maximum atomic E-state index is 12.3. The second kappa shape index (κ2) is 4.51. The molecule has 3 heteroatoms. The van der Waals surface area contributed by atoms with Crippen LogP contribution in [-0.4, -0.2) is 9.97 Å². The highest BCUT2D eigenvalue weighted by Crippen LogP contribution is 2.27. The van der Waals surface area contributed by atoms with Crippen LogP contribution in [0.3, 0.4) is 0 Å². The number of pyridine rings is 1. The molecule has 0 saturated heterocycles. The number of aromatic amines is 2. The lowest BCUT2D eigenvalue weighted by atomic mass is 9.99. The van der Waals surface area contributed by atoms with E-state index in [1.165, 1.54) is 5.56 Å². The fraction of sp³-hybridized carbons (Fsp3) is 0.353. The minimum Gasteiger partial charge on any atom is -0.344 e. The van der Waals surface area contributed by atoms with E-state index in [1.807, 2.05) is 6.07 Å². The first-order valence-corrected chi connectivity index (χ1v) is 7.16. The summed E-state index contributed by atoms with van der Waals surface area (Å²) in [5.74, 6) is 0.836. The molecule has 0 bridgehead atoms. The van der Waals surface area contributed by atoms with Crippen molar-refractivity contribution in [3.8, 4) is 0 Å². The molecule has 1 aromatic carbocycles. The van der Waals surface area contributed by atoms with Gasteiger partial charge in [0.25, 0.3) is 5.56 Å². The van der Waals surface area contributed by atoms with Crippen LogP contribution in [0.25, 0.3) is 21.8 Å². The van der Waals surface area contributed by atoms with Gasteiger partial charge < -0.3 is 9.97 Å². The van der Waals surface area contributed by atoms with E-state index in [4.69, 9.17) is 0 Å². The molecule has 104 valence electrons. The molecule has 0 aliphatic carbocycles. The molecule has 3 rings (SSSR count). The molecule has 0 radical (unpaired) electrons. The zero-order valence-electron chi connectivity index (χ0n) is 12.4. The minimum absolute atomic E-state index is 0.0212. The van der Waals surface area contributed by atoms with Crippen molar-refractivity contribution in [3.05, 3.63) is 45.9 Å². The Balaban J connectivity index is 2.38. The molecule has 2 N–H and O–H groups in total. The van der Waals surface area contributed by atoms with E-state index >= 15 is 0 Å². The highest BCUT2D eigenvalue weighted by atomic mass is 16.1. The Morgan fingerprint density at radius 3 is 2.25 bits per heavy atom. The largest absolute Gasteiger partial charge is 0.344 e. The molecule has 3 aromatic rings. The van der Waals surface area contributed by atoms with Gasteiger partial charge in [0.15, 0.2) is 0 Å². The standard InChI is InChI=1S/C17H20N2O/c1-9(2)11-5-6-12-13-8-15(10(3)4)18-16(13)19-17(20)14(12)7-11/h5-10H,1-4H3,(H2,18,19,20). The molecule has 3 nitrogen and oxygen atoms in total. The predicted octanol–water partition coefficient (Wildman–Crippen LogP) is 4.26. The Morgan fingerprint density at radius 1 is 0.850 bits per heavy atom. The molecule has 2 heterocycles. The van der Waals surface area contributed by atoms with Gasteiger partial charge in [-0.05, 0) is 34.9 Å². The van der Waals surface area contributed by atoms with E-state index in [9.17, 15) is 4.79 Å². The van der Waals surface area contributed by atoms with Crippen LogP contribution in [0.5, 0.6) is 0 Å². The van der Waals surface area contributed by atoms with Crippen molar-refractivity contribution in [2.75, 3.05) is 0 Å². The molecule has 0 spiro atoms. The summed E-state index contributed by atoms with van der Waals surface area (Å²) in [6.45, 7) is 8.56. The van der Waals surface area contributed by atoms with Gasteiger partial charge in [0.1, 0.15) is 5.65 Å². The molecule has 0 saturated carbocycles. The summed E-state index contributed by atoms with van der Waals surface area (Å²) < 4.78 is 0. The Bertz CT molecular complexity index is 837. The molecule has 0 atom stereocenters. The molecule has 0 fully saturated rings. The molecule has 0 amide bonds. The molecule has 2 aromatic heterocycles. The van der Waals surface area contributed by atoms with E-state index < -0.39 is 0 Å².